The number of halogens is 1. The summed E-state index contributed by atoms with van der Waals surface area (Å²) in [5, 5.41) is 3.60. The third-order valence-corrected chi connectivity index (χ3v) is 5.11. The normalized spacial score (nSPS) is 15.9. The van der Waals surface area contributed by atoms with E-state index in [0.717, 1.165) is 31.2 Å². The zero-order chi connectivity index (χ0) is 17.5. The monoisotopic (exact) mass is 356 g/mol. The Balaban J connectivity index is 1.36. The number of amides is 1. The molecule has 132 valence electrons. The van der Waals surface area contributed by atoms with Crippen molar-refractivity contribution in [1.82, 2.24) is 4.90 Å². The largest absolute Gasteiger partial charge is 0.326 e. The second-order valence-corrected chi connectivity index (χ2v) is 7.22. The van der Waals surface area contributed by atoms with Gasteiger partial charge < -0.3 is 10.2 Å². The van der Waals surface area contributed by atoms with Gasteiger partial charge in [-0.1, -0.05) is 41.9 Å². The molecule has 0 aromatic heterocycles. The Hall–Kier alpha value is -1.84. The Morgan fingerprint density at radius 3 is 2.40 bits per heavy atom. The van der Waals surface area contributed by atoms with Gasteiger partial charge in [-0.05, 0) is 68.1 Å². The lowest BCUT2D eigenvalue weighted by Crippen LogP contribution is -2.36. The van der Waals surface area contributed by atoms with Gasteiger partial charge >= 0.3 is 0 Å². The maximum absolute atomic E-state index is 12.1. The fourth-order valence-electron chi connectivity index (χ4n) is 3.38. The minimum atomic E-state index is 0.0636. The number of carbonyl (C=O) groups is 1. The highest BCUT2D eigenvalue weighted by Crippen LogP contribution is 2.21. The van der Waals surface area contributed by atoms with Gasteiger partial charge in [-0.2, -0.15) is 0 Å². The summed E-state index contributed by atoms with van der Waals surface area (Å²) >= 11 is 5.85. The van der Waals surface area contributed by atoms with Gasteiger partial charge in [0.15, 0.2) is 0 Å². The molecule has 4 heteroatoms. The van der Waals surface area contributed by atoms with Crippen molar-refractivity contribution in [1.29, 1.82) is 0 Å². The lowest BCUT2D eigenvalue weighted by molar-refractivity contribution is -0.116. The Kier molecular flexibility index (Phi) is 6.48. The van der Waals surface area contributed by atoms with E-state index in [1.807, 2.05) is 12.1 Å². The number of benzene rings is 2. The second kappa shape index (κ2) is 9.02. The number of nitrogens with one attached hydrogen (secondary N) is 1. The first-order valence-corrected chi connectivity index (χ1v) is 9.38. The van der Waals surface area contributed by atoms with Crippen LogP contribution in [0.4, 0.5) is 5.69 Å². The van der Waals surface area contributed by atoms with Crippen LogP contribution in [0.2, 0.25) is 5.02 Å². The molecule has 0 aliphatic carbocycles. The van der Waals surface area contributed by atoms with E-state index in [4.69, 9.17) is 11.6 Å². The summed E-state index contributed by atoms with van der Waals surface area (Å²) in [6.07, 6.45) is 4.14. The lowest BCUT2D eigenvalue weighted by Gasteiger charge is -2.31. The van der Waals surface area contributed by atoms with Crippen LogP contribution < -0.4 is 5.32 Å². The number of nitrogens with zero attached hydrogens (tertiary/aromatic N) is 1. The molecule has 0 radical (unpaired) electrons. The minimum absolute atomic E-state index is 0.0636. The van der Waals surface area contributed by atoms with E-state index in [-0.39, 0.29) is 5.91 Å². The third-order valence-electron chi connectivity index (χ3n) is 4.86. The molecule has 25 heavy (non-hydrogen) atoms. The van der Waals surface area contributed by atoms with Crippen LogP contribution >= 0.6 is 11.6 Å². The van der Waals surface area contributed by atoms with E-state index in [0.29, 0.717) is 11.4 Å². The average Bonchev–Trinajstić information content (AvgIpc) is 2.64. The molecule has 1 aliphatic rings. The topological polar surface area (TPSA) is 32.3 Å². The van der Waals surface area contributed by atoms with Gasteiger partial charge in [-0.3, -0.25) is 4.79 Å². The van der Waals surface area contributed by atoms with E-state index < -0.39 is 0 Å². The molecule has 0 atom stereocenters. The molecule has 1 fully saturated rings. The Morgan fingerprint density at radius 2 is 1.72 bits per heavy atom. The van der Waals surface area contributed by atoms with Crippen molar-refractivity contribution in [2.45, 2.75) is 25.7 Å². The molecule has 1 N–H and O–H groups in total. The number of anilines is 1. The standard InChI is InChI=1S/C21H25ClN2O/c22-19-6-8-20(9-7-19)23-21(25)12-15-24-13-10-18(11-14-24)16-17-4-2-1-3-5-17/h1-9,18H,10-16H2,(H,23,25). The molecule has 2 aromatic rings. The van der Waals surface area contributed by atoms with Gasteiger partial charge in [-0.15, -0.1) is 0 Å². The number of hydrogen-bond acceptors (Lipinski definition) is 2. The van der Waals surface area contributed by atoms with Gasteiger partial charge in [0, 0.05) is 23.7 Å². The number of likely N-dealkylation sites (tertiary alicyclic amines) is 1. The third kappa shape index (κ3) is 5.87. The average molecular weight is 357 g/mol. The molecular formula is C21H25ClN2O. The SMILES string of the molecule is O=C(CCN1CCC(Cc2ccccc2)CC1)Nc1ccc(Cl)cc1. The van der Waals surface area contributed by atoms with Gasteiger partial charge in [0.25, 0.3) is 0 Å². The predicted molar refractivity (Wildman–Crippen MR) is 104 cm³/mol. The van der Waals surface area contributed by atoms with Gasteiger partial charge in [0.2, 0.25) is 5.91 Å². The van der Waals surface area contributed by atoms with Crippen molar-refractivity contribution in [2.24, 2.45) is 5.92 Å². The summed E-state index contributed by atoms with van der Waals surface area (Å²) in [5.41, 5.74) is 2.24. The van der Waals surface area contributed by atoms with Crippen LogP contribution in [0.1, 0.15) is 24.8 Å². The van der Waals surface area contributed by atoms with Crippen LogP contribution in [0.25, 0.3) is 0 Å². The first-order chi connectivity index (χ1) is 12.2. The van der Waals surface area contributed by atoms with Crippen molar-refractivity contribution < 1.29 is 4.79 Å². The summed E-state index contributed by atoms with van der Waals surface area (Å²) in [7, 11) is 0. The molecule has 0 bridgehead atoms. The van der Waals surface area contributed by atoms with Crippen LogP contribution in [0.3, 0.4) is 0 Å². The predicted octanol–water partition coefficient (Wildman–Crippen LogP) is 4.62. The van der Waals surface area contributed by atoms with E-state index in [1.165, 1.54) is 24.8 Å². The molecule has 1 saturated heterocycles. The molecule has 1 amide bonds. The van der Waals surface area contributed by atoms with Crippen molar-refractivity contribution in [3.05, 3.63) is 65.2 Å². The van der Waals surface area contributed by atoms with Crippen molar-refractivity contribution in [3.8, 4) is 0 Å². The fourth-order valence-corrected chi connectivity index (χ4v) is 3.50. The molecule has 0 saturated carbocycles. The van der Waals surface area contributed by atoms with Crippen molar-refractivity contribution in [3.63, 3.8) is 0 Å². The molecule has 3 rings (SSSR count). The van der Waals surface area contributed by atoms with Gasteiger partial charge in [-0.25, -0.2) is 0 Å². The maximum atomic E-state index is 12.1. The number of hydrogen-bond donors (Lipinski definition) is 1. The van der Waals surface area contributed by atoms with E-state index in [1.54, 1.807) is 12.1 Å². The number of rotatable bonds is 6. The highest BCUT2D eigenvalue weighted by molar-refractivity contribution is 6.30. The molecule has 0 spiro atoms. The summed E-state index contributed by atoms with van der Waals surface area (Å²) in [6.45, 7) is 3.01. The fraction of sp³-hybridized carbons (Fsp3) is 0.381. The zero-order valence-electron chi connectivity index (χ0n) is 14.5. The smallest absolute Gasteiger partial charge is 0.225 e. The highest BCUT2D eigenvalue weighted by atomic mass is 35.5. The number of piperidine rings is 1. The van der Waals surface area contributed by atoms with Gasteiger partial charge in [0.05, 0.1) is 0 Å². The maximum Gasteiger partial charge on any atom is 0.225 e. The summed E-state index contributed by atoms with van der Waals surface area (Å²) in [6, 6.07) is 18.0. The first-order valence-electron chi connectivity index (χ1n) is 9.01. The minimum Gasteiger partial charge on any atom is -0.326 e. The number of carbonyl (C=O) groups excluding carboxylic acids is 1. The van der Waals surface area contributed by atoms with Crippen LogP contribution in [0.15, 0.2) is 54.6 Å². The van der Waals surface area contributed by atoms with Crippen molar-refractivity contribution in [2.75, 3.05) is 25.0 Å². The van der Waals surface area contributed by atoms with Crippen LogP contribution in [0, 0.1) is 5.92 Å². The second-order valence-electron chi connectivity index (χ2n) is 6.78. The Morgan fingerprint density at radius 1 is 1.04 bits per heavy atom. The van der Waals surface area contributed by atoms with E-state index >= 15 is 0 Å². The Bertz CT molecular complexity index is 664. The highest BCUT2D eigenvalue weighted by Gasteiger charge is 2.19. The van der Waals surface area contributed by atoms with Crippen LogP contribution in [-0.2, 0) is 11.2 Å². The van der Waals surface area contributed by atoms with E-state index in [2.05, 4.69) is 40.5 Å². The summed E-state index contributed by atoms with van der Waals surface area (Å²) in [4.78, 5) is 14.5. The quantitative estimate of drug-likeness (QED) is 0.818. The van der Waals surface area contributed by atoms with Crippen molar-refractivity contribution >= 4 is 23.2 Å². The molecule has 1 aliphatic heterocycles. The molecule has 3 nitrogen and oxygen atoms in total. The lowest BCUT2D eigenvalue weighted by atomic mass is 9.90. The molecule has 0 unspecified atom stereocenters. The van der Waals surface area contributed by atoms with E-state index in [9.17, 15) is 4.79 Å². The van der Waals surface area contributed by atoms with Crippen LogP contribution in [-0.4, -0.2) is 30.4 Å². The molecule has 2 aromatic carbocycles. The van der Waals surface area contributed by atoms with Crippen LogP contribution in [0.5, 0.6) is 0 Å². The molecular weight excluding hydrogens is 332 g/mol. The molecule has 1 heterocycles. The zero-order valence-corrected chi connectivity index (χ0v) is 15.2. The summed E-state index contributed by atoms with van der Waals surface area (Å²) in [5.74, 6) is 0.829. The Labute approximate surface area is 155 Å². The first kappa shape index (κ1) is 18.0. The van der Waals surface area contributed by atoms with Gasteiger partial charge in [0.1, 0.15) is 0 Å². The summed E-state index contributed by atoms with van der Waals surface area (Å²) < 4.78 is 0.